The van der Waals surface area contributed by atoms with Crippen molar-refractivity contribution in [2.45, 2.75) is 25.9 Å². The van der Waals surface area contributed by atoms with Gasteiger partial charge in [-0.15, -0.1) is 0 Å². The van der Waals surface area contributed by atoms with Gasteiger partial charge in [0.15, 0.2) is 0 Å². The van der Waals surface area contributed by atoms with Crippen molar-refractivity contribution in [1.29, 1.82) is 0 Å². The third kappa shape index (κ3) is 2.92. The molecule has 2 rings (SSSR count). The Bertz CT molecular complexity index is 352. The van der Waals surface area contributed by atoms with E-state index < -0.39 is 0 Å². The van der Waals surface area contributed by atoms with Crippen molar-refractivity contribution >= 4 is 21.7 Å². The first-order chi connectivity index (χ1) is 7.16. The molecule has 0 amide bonds. The fraction of sp³-hybridized carbons (Fsp3) is 0.545. The number of aliphatic hydroxyl groups is 1. The summed E-state index contributed by atoms with van der Waals surface area (Å²) in [5.41, 5.74) is 1.09. The highest BCUT2D eigenvalue weighted by Gasteiger charge is 2.29. The third-order valence-electron chi connectivity index (χ3n) is 2.69. The highest BCUT2D eigenvalue weighted by molar-refractivity contribution is 9.10. The molecule has 0 radical (unpaired) electrons. The minimum absolute atomic E-state index is 0.227. The van der Waals surface area contributed by atoms with Crippen LogP contribution in [0.5, 0.6) is 0 Å². The Balaban J connectivity index is 1.92. The van der Waals surface area contributed by atoms with Crippen LogP contribution in [0.25, 0.3) is 0 Å². The maximum atomic E-state index is 9.70. The molecule has 1 heterocycles. The number of hydrogen-bond donors (Lipinski definition) is 2. The lowest BCUT2D eigenvalue weighted by Crippen LogP contribution is -2.22. The van der Waals surface area contributed by atoms with Crippen molar-refractivity contribution in [2.75, 3.05) is 11.9 Å². The van der Waals surface area contributed by atoms with Crippen LogP contribution in [-0.4, -0.2) is 22.7 Å². The van der Waals surface area contributed by atoms with Gasteiger partial charge in [-0.05, 0) is 53.2 Å². The molecule has 0 saturated heterocycles. The number of halogens is 1. The SMILES string of the molecule is Cc1cc(Br)cnc1NCC(O)C1CC1. The molecule has 0 aromatic carbocycles. The van der Waals surface area contributed by atoms with Crippen LogP contribution < -0.4 is 5.32 Å². The smallest absolute Gasteiger partial charge is 0.129 e. The summed E-state index contributed by atoms with van der Waals surface area (Å²) in [5.74, 6) is 1.37. The van der Waals surface area contributed by atoms with Crippen molar-refractivity contribution in [3.05, 3.63) is 22.3 Å². The predicted octanol–water partition coefficient (Wildman–Crippen LogP) is 2.34. The molecule has 1 fully saturated rings. The second-order valence-electron chi connectivity index (χ2n) is 4.10. The van der Waals surface area contributed by atoms with E-state index in [-0.39, 0.29) is 6.10 Å². The first kappa shape index (κ1) is 10.9. The Morgan fingerprint density at radius 2 is 2.40 bits per heavy atom. The van der Waals surface area contributed by atoms with Crippen LogP contribution in [0.2, 0.25) is 0 Å². The molecule has 1 unspecified atom stereocenters. The largest absolute Gasteiger partial charge is 0.391 e. The quantitative estimate of drug-likeness (QED) is 0.883. The minimum Gasteiger partial charge on any atom is -0.391 e. The van der Waals surface area contributed by atoms with Crippen LogP contribution in [0.15, 0.2) is 16.7 Å². The molecular formula is C11H15BrN2O. The van der Waals surface area contributed by atoms with Gasteiger partial charge in [-0.25, -0.2) is 4.98 Å². The molecule has 0 spiro atoms. The molecule has 1 aromatic heterocycles. The molecule has 3 nitrogen and oxygen atoms in total. The van der Waals surface area contributed by atoms with Gasteiger partial charge in [0.1, 0.15) is 5.82 Å². The number of anilines is 1. The first-order valence-corrected chi connectivity index (χ1v) is 6.00. The van der Waals surface area contributed by atoms with Gasteiger partial charge in [-0.2, -0.15) is 0 Å². The van der Waals surface area contributed by atoms with Crippen molar-refractivity contribution in [3.8, 4) is 0 Å². The summed E-state index contributed by atoms with van der Waals surface area (Å²) < 4.78 is 0.980. The summed E-state index contributed by atoms with van der Waals surface area (Å²) in [6.07, 6.45) is 3.86. The lowest BCUT2D eigenvalue weighted by Gasteiger charge is -2.12. The van der Waals surface area contributed by atoms with Crippen molar-refractivity contribution < 1.29 is 5.11 Å². The van der Waals surface area contributed by atoms with Crippen molar-refractivity contribution in [2.24, 2.45) is 5.92 Å². The van der Waals surface area contributed by atoms with E-state index in [1.807, 2.05) is 13.0 Å². The zero-order chi connectivity index (χ0) is 10.8. The summed E-state index contributed by atoms with van der Waals surface area (Å²) in [7, 11) is 0. The zero-order valence-corrected chi connectivity index (χ0v) is 10.3. The van der Waals surface area contributed by atoms with Gasteiger partial charge in [-0.3, -0.25) is 0 Å². The van der Waals surface area contributed by atoms with Crippen LogP contribution in [0.4, 0.5) is 5.82 Å². The summed E-state index contributed by atoms with van der Waals surface area (Å²) in [6, 6.07) is 2.01. The molecule has 2 N–H and O–H groups in total. The van der Waals surface area contributed by atoms with Gasteiger partial charge in [-0.1, -0.05) is 0 Å². The molecule has 1 aliphatic rings. The monoisotopic (exact) mass is 270 g/mol. The highest BCUT2D eigenvalue weighted by Crippen LogP contribution is 2.32. The lowest BCUT2D eigenvalue weighted by molar-refractivity contribution is 0.164. The molecule has 1 aliphatic carbocycles. The Morgan fingerprint density at radius 3 is 3.00 bits per heavy atom. The van der Waals surface area contributed by atoms with E-state index in [9.17, 15) is 5.11 Å². The lowest BCUT2D eigenvalue weighted by atomic mass is 10.2. The number of nitrogens with one attached hydrogen (secondary N) is 1. The molecule has 1 saturated carbocycles. The van der Waals surface area contributed by atoms with Crippen LogP contribution in [0.1, 0.15) is 18.4 Å². The number of aliphatic hydroxyl groups excluding tert-OH is 1. The topological polar surface area (TPSA) is 45.2 Å². The summed E-state index contributed by atoms with van der Waals surface area (Å²) >= 11 is 3.37. The van der Waals surface area contributed by atoms with Crippen LogP contribution in [0.3, 0.4) is 0 Å². The average molecular weight is 271 g/mol. The van der Waals surface area contributed by atoms with Gasteiger partial charge < -0.3 is 10.4 Å². The number of hydrogen-bond acceptors (Lipinski definition) is 3. The van der Waals surface area contributed by atoms with Gasteiger partial charge >= 0.3 is 0 Å². The van der Waals surface area contributed by atoms with Crippen molar-refractivity contribution in [1.82, 2.24) is 4.98 Å². The van der Waals surface area contributed by atoms with Crippen LogP contribution in [-0.2, 0) is 0 Å². The molecular weight excluding hydrogens is 256 g/mol. The summed E-state index contributed by atoms with van der Waals surface area (Å²) in [4.78, 5) is 4.26. The maximum Gasteiger partial charge on any atom is 0.129 e. The molecule has 15 heavy (non-hydrogen) atoms. The summed E-state index contributed by atoms with van der Waals surface area (Å²) in [6.45, 7) is 2.60. The fourth-order valence-corrected chi connectivity index (χ4v) is 2.02. The average Bonchev–Trinajstić information content (AvgIpc) is 2.99. The predicted molar refractivity (Wildman–Crippen MR) is 63.9 cm³/mol. The highest BCUT2D eigenvalue weighted by atomic mass is 79.9. The number of rotatable bonds is 4. The van der Waals surface area contributed by atoms with Gasteiger partial charge in [0.25, 0.3) is 0 Å². The second-order valence-corrected chi connectivity index (χ2v) is 5.02. The van der Waals surface area contributed by atoms with Gasteiger partial charge in [0.2, 0.25) is 0 Å². The van der Waals surface area contributed by atoms with Crippen LogP contribution >= 0.6 is 15.9 Å². The zero-order valence-electron chi connectivity index (χ0n) is 8.70. The third-order valence-corrected chi connectivity index (χ3v) is 3.12. The fourth-order valence-electron chi connectivity index (χ4n) is 1.57. The van der Waals surface area contributed by atoms with E-state index in [0.717, 1.165) is 28.7 Å². The first-order valence-electron chi connectivity index (χ1n) is 5.21. The molecule has 0 bridgehead atoms. The van der Waals surface area contributed by atoms with E-state index in [2.05, 4.69) is 26.2 Å². The standard InChI is InChI=1S/C11H15BrN2O/c1-7-4-9(12)5-13-11(7)14-6-10(15)8-2-3-8/h4-5,8,10,15H,2-3,6H2,1H3,(H,13,14). The van der Waals surface area contributed by atoms with Crippen LogP contribution in [0, 0.1) is 12.8 Å². The minimum atomic E-state index is -0.227. The molecule has 0 aliphatic heterocycles. The second kappa shape index (κ2) is 4.49. The number of aryl methyl sites for hydroxylation is 1. The molecule has 82 valence electrons. The van der Waals surface area contributed by atoms with E-state index >= 15 is 0 Å². The Labute approximate surface area is 98.0 Å². The Kier molecular flexibility index (Phi) is 3.26. The van der Waals surface area contributed by atoms with E-state index in [1.165, 1.54) is 0 Å². The van der Waals surface area contributed by atoms with Gasteiger partial charge in [0.05, 0.1) is 6.10 Å². The van der Waals surface area contributed by atoms with E-state index in [4.69, 9.17) is 0 Å². The van der Waals surface area contributed by atoms with E-state index in [1.54, 1.807) is 6.20 Å². The van der Waals surface area contributed by atoms with E-state index in [0.29, 0.717) is 12.5 Å². The van der Waals surface area contributed by atoms with Gasteiger partial charge in [0, 0.05) is 17.2 Å². The number of aromatic nitrogens is 1. The summed E-state index contributed by atoms with van der Waals surface area (Å²) in [5, 5.41) is 12.9. The number of nitrogens with zero attached hydrogens (tertiary/aromatic N) is 1. The molecule has 1 atom stereocenters. The maximum absolute atomic E-state index is 9.70. The molecule has 1 aromatic rings. The Morgan fingerprint density at radius 1 is 1.67 bits per heavy atom. The normalized spacial score (nSPS) is 17.5. The molecule has 4 heteroatoms. The number of pyridine rings is 1. The Hall–Kier alpha value is -0.610. The van der Waals surface area contributed by atoms with Crippen molar-refractivity contribution in [3.63, 3.8) is 0 Å².